The van der Waals surface area contributed by atoms with Crippen LogP contribution >= 0.6 is 0 Å². The molecule has 68 valence electrons. The fourth-order valence-corrected chi connectivity index (χ4v) is 1.67. The van der Waals surface area contributed by atoms with E-state index in [1.165, 1.54) is 0 Å². The second kappa shape index (κ2) is 2.55. The maximum absolute atomic E-state index is 10.8. The fourth-order valence-electron chi connectivity index (χ4n) is 1.67. The van der Waals surface area contributed by atoms with Crippen molar-refractivity contribution in [1.29, 1.82) is 0 Å². The molecule has 1 N–H and O–H groups in total. The lowest BCUT2D eigenvalue weighted by atomic mass is 10.0. The molecular formula is C10H11NO2. The van der Waals surface area contributed by atoms with Crippen molar-refractivity contribution >= 4 is 5.97 Å². The summed E-state index contributed by atoms with van der Waals surface area (Å²) in [5.41, 5.74) is 0.482. The van der Waals surface area contributed by atoms with Crippen LogP contribution in [-0.4, -0.2) is 16.1 Å². The van der Waals surface area contributed by atoms with E-state index in [1.54, 1.807) is 19.3 Å². The fraction of sp³-hybridized carbons (Fsp3) is 0.400. The highest BCUT2D eigenvalue weighted by Crippen LogP contribution is 2.58. The number of carbonyl (C=O) groups is 1. The zero-order valence-electron chi connectivity index (χ0n) is 7.40. The monoisotopic (exact) mass is 177 g/mol. The summed E-state index contributed by atoms with van der Waals surface area (Å²) in [6.45, 7) is 1.78. The average Bonchev–Trinajstić information content (AvgIpc) is 2.81. The largest absolute Gasteiger partial charge is 0.481 e. The van der Waals surface area contributed by atoms with Crippen molar-refractivity contribution in [2.75, 3.05) is 0 Å². The molecule has 0 amide bonds. The van der Waals surface area contributed by atoms with E-state index in [9.17, 15) is 4.79 Å². The summed E-state index contributed by atoms with van der Waals surface area (Å²) < 4.78 is 0. The van der Waals surface area contributed by atoms with E-state index in [4.69, 9.17) is 5.11 Å². The van der Waals surface area contributed by atoms with Gasteiger partial charge in [-0.1, -0.05) is 6.07 Å². The first-order valence-electron chi connectivity index (χ1n) is 4.28. The Kier molecular flexibility index (Phi) is 1.62. The third kappa shape index (κ3) is 1.20. The Bertz CT molecular complexity index is 336. The second-order valence-corrected chi connectivity index (χ2v) is 3.77. The van der Waals surface area contributed by atoms with Gasteiger partial charge in [0.1, 0.15) is 0 Å². The van der Waals surface area contributed by atoms with Gasteiger partial charge in [0.2, 0.25) is 0 Å². The lowest BCUT2D eigenvalue weighted by Gasteiger charge is -2.03. The summed E-state index contributed by atoms with van der Waals surface area (Å²) in [5, 5.41) is 8.92. The molecule has 0 spiro atoms. The predicted octanol–water partition coefficient (Wildman–Crippen LogP) is 1.66. The van der Waals surface area contributed by atoms with Gasteiger partial charge < -0.3 is 5.11 Å². The highest BCUT2D eigenvalue weighted by molar-refractivity contribution is 5.79. The number of carboxylic acid groups (broad SMARTS) is 1. The maximum atomic E-state index is 10.8. The molecule has 2 unspecified atom stereocenters. The lowest BCUT2D eigenvalue weighted by molar-refractivity contribution is -0.142. The summed E-state index contributed by atoms with van der Waals surface area (Å²) in [6, 6.07) is 3.78. The Morgan fingerprint density at radius 3 is 3.00 bits per heavy atom. The summed E-state index contributed by atoms with van der Waals surface area (Å²) in [7, 11) is 0. The van der Waals surface area contributed by atoms with Crippen LogP contribution in [0.25, 0.3) is 0 Å². The third-order valence-electron chi connectivity index (χ3n) is 2.81. The zero-order valence-corrected chi connectivity index (χ0v) is 7.40. The van der Waals surface area contributed by atoms with Crippen molar-refractivity contribution in [3.8, 4) is 0 Å². The first kappa shape index (κ1) is 8.23. The number of aromatic nitrogens is 1. The molecule has 0 radical (unpaired) electrons. The smallest absolute Gasteiger partial charge is 0.309 e. The molecule has 1 aliphatic rings. The predicted molar refractivity (Wildman–Crippen MR) is 47.3 cm³/mol. The van der Waals surface area contributed by atoms with Crippen LogP contribution in [-0.2, 0) is 4.79 Å². The van der Waals surface area contributed by atoms with Gasteiger partial charge in [0.05, 0.1) is 5.41 Å². The first-order chi connectivity index (χ1) is 6.14. The van der Waals surface area contributed by atoms with Crippen molar-refractivity contribution in [2.24, 2.45) is 5.41 Å². The molecule has 3 nitrogen and oxygen atoms in total. The van der Waals surface area contributed by atoms with Crippen LogP contribution in [0.2, 0.25) is 0 Å². The van der Waals surface area contributed by atoms with E-state index in [0.29, 0.717) is 0 Å². The van der Waals surface area contributed by atoms with Gasteiger partial charge in [-0.3, -0.25) is 9.78 Å². The number of pyridine rings is 1. The molecular weight excluding hydrogens is 166 g/mol. The van der Waals surface area contributed by atoms with Gasteiger partial charge in [-0.2, -0.15) is 0 Å². The minimum atomic E-state index is -0.707. The topological polar surface area (TPSA) is 50.2 Å². The second-order valence-electron chi connectivity index (χ2n) is 3.77. The normalized spacial score (nSPS) is 31.3. The van der Waals surface area contributed by atoms with E-state index in [-0.39, 0.29) is 5.92 Å². The highest BCUT2D eigenvalue weighted by Gasteiger charge is 2.57. The Labute approximate surface area is 76.4 Å². The number of hydrogen-bond donors (Lipinski definition) is 1. The van der Waals surface area contributed by atoms with Crippen LogP contribution < -0.4 is 0 Å². The first-order valence-corrected chi connectivity index (χ1v) is 4.28. The van der Waals surface area contributed by atoms with Crippen LogP contribution in [0.1, 0.15) is 24.8 Å². The van der Waals surface area contributed by atoms with Gasteiger partial charge in [0.15, 0.2) is 0 Å². The molecule has 13 heavy (non-hydrogen) atoms. The van der Waals surface area contributed by atoms with Gasteiger partial charge in [-0.25, -0.2) is 0 Å². The molecule has 1 fully saturated rings. The highest BCUT2D eigenvalue weighted by atomic mass is 16.4. The Morgan fingerprint density at radius 1 is 1.77 bits per heavy atom. The third-order valence-corrected chi connectivity index (χ3v) is 2.81. The van der Waals surface area contributed by atoms with E-state index < -0.39 is 11.4 Å². The SMILES string of the molecule is CC1(C(=O)O)CC1c1cccnc1. The Morgan fingerprint density at radius 2 is 2.54 bits per heavy atom. The molecule has 1 aromatic heterocycles. The lowest BCUT2D eigenvalue weighted by Crippen LogP contribution is -2.12. The minimum absolute atomic E-state index is 0.152. The van der Waals surface area contributed by atoms with Crippen LogP contribution in [0.5, 0.6) is 0 Å². The summed E-state index contributed by atoms with van der Waals surface area (Å²) in [4.78, 5) is 14.8. The van der Waals surface area contributed by atoms with Crippen LogP contribution in [0, 0.1) is 5.41 Å². The van der Waals surface area contributed by atoms with Crippen LogP contribution in [0.4, 0.5) is 0 Å². The van der Waals surface area contributed by atoms with Gasteiger partial charge in [0.25, 0.3) is 0 Å². The van der Waals surface area contributed by atoms with E-state index in [1.807, 2.05) is 12.1 Å². The molecule has 3 heteroatoms. The number of hydrogen-bond acceptors (Lipinski definition) is 2. The van der Waals surface area contributed by atoms with Gasteiger partial charge in [-0.05, 0) is 25.0 Å². The van der Waals surface area contributed by atoms with E-state index in [2.05, 4.69) is 4.98 Å². The van der Waals surface area contributed by atoms with Crippen LogP contribution in [0.3, 0.4) is 0 Å². The average molecular weight is 177 g/mol. The summed E-state index contributed by atoms with van der Waals surface area (Å²) in [5.74, 6) is -0.556. The summed E-state index contributed by atoms with van der Waals surface area (Å²) in [6.07, 6.45) is 4.18. The van der Waals surface area contributed by atoms with Crippen molar-refractivity contribution in [3.63, 3.8) is 0 Å². The van der Waals surface area contributed by atoms with Crippen molar-refractivity contribution < 1.29 is 9.90 Å². The molecule has 1 saturated carbocycles. The van der Waals surface area contributed by atoms with E-state index >= 15 is 0 Å². The number of rotatable bonds is 2. The molecule has 1 aromatic rings. The molecule has 0 aromatic carbocycles. The molecule has 0 bridgehead atoms. The minimum Gasteiger partial charge on any atom is -0.481 e. The Balaban J connectivity index is 2.21. The van der Waals surface area contributed by atoms with Crippen LogP contribution in [0.15, 0.2) is 24.5 Å². The van der Waals surface area contributed by atoms with E-state index in [0.717, 1.165) is 12.0 Å². The molecule has 2 atom stereocenters. The molecule has 1 heterocycles. The van der Waals surface area contributed by atoms with Crippen molar-refractivity contribution in [1.82, 2.24) is 4.98 Å². The number of nitrogens with zero attached hydrogens (tertiary/aromatic N) is 1. The van der Waals surface area contributed by atoms with Gasteiger partial charge in [0, 0.05) is 18.3 Å². The molecule has 0 saturated heterocycles. The number of aliphatic carboxylic acids is 1. The molecule has 1 aliphatic carbocycles. The Hall–Kier alpha value is -1.38. The zero-order chi connectivity index (χ0) is 9.47. The van der Waals surface area contributed by atoms with Crippen molar-refractivity contribution in [3.05, 3.63) is 30.1 Å². The molecule has 0 aliphatic heterocycles. The van der Waals surface area contributed by atoms with Crippen molar-refractivity contribution in [2.45, 2.75) is 19.3 Å². The van der Waals surface area contributed by atoms with Gasteiger partial charge >= 0.3 is 5.97 Å². The maximum Gasteiger partial charge on any atom is 0.309 e. The molecule has 2 rings (SSSR count). The quantitative estimate of drug-likeness (QED) is 0.747. The number of carboxylic acids is 1. The summed E-state index contributed by atoms with van der Waals surface area (Å²) >= 11 is 0. The van der Waals surface area contributed by atoms with Gasteiger partial charge in [-0.15, -0.1) is 0 Å². The standard InChI is InChI=1S/C10H11NO2/c1-10(9(12)13)5-8(10)7-3-2-4-11-6-7/h2-4,6,8H,5H2,1H3,(H,12,13).